The first-order chi connectivity index (χ1) is 9.96. The predicted molar refractivity (Wildman–Crippen MR) is 42.5 cm³/mol. The van der Waals surface area contributed by atoms with E-state index in [1.54, 1.807) is 0 Å². The third-order valence-corrected chi connectivity index (χ3v) is 2.30. The highest BCUT2D eigenvalue weighted by Crippen LogP contribution is 2.60. The fraction of sp³-hybridized carbons (Fsp3) is 1.00. The molecule has 0 aromatic rings. The number of hydrogen-bond donors (Lipinski definition) is 1. The van der Waals surface area contributed by atoms with Crippen molar-refractivity contribution in [3.8, 4) is 0 Å². The zero-order valence-electron chi connectivity index (χ0n) is 11.6. The van der Waals surface area contributed by atoms with Gasteiger partial charge in [0, 0.05) is 13.0 Å². The largest absolute Gasteiger partial charge is 0.460 e. The van der Waals surface area contributed by atoms with Gasteiger partial charge in [0.1, 0.15) is 0 Å². The minimum atomic E-state index is -8.03. The van der Waals surface area contributed by atoms with E-state index >= 15 is 0 Å². The molecule has 0 aliphatic rings. The molecule has 22 heavy (non-hydrogen) atoms. The van der Waals surface area contributed by atoms with Gasteiger partial charge in [0.2, 0.25) is 0 Å². The average Bonchev–Trinajstić information content (AvgIpc) is 2.22. The summed E-state index contributed by atoms with van der Waals surface area (Å²) in [6.45, 7) is -4.37. The fourth-order valence-electron chi connectivity index (χ4n) is 1.01. The van der Waals surface area contributed by atoms with E-state index in [1.165, 1.54) is 0 Å². The van der Waals surface area contributed by atoms with Crippen LogP contribution in [0.2, 0.25) is 0 Å². The topological polar surface area (TPSA) is 20.2 Å². The summed E-state index contributed by atoms with van der Waals surface area (Å²) in [5.74, 6) is -38.1. The van der Waals surface area contributed by atoms with Gasteiger partial charge in [-0.05, 0) is 0 Å². The van der Waals surface area contributed by atoms with Crippen LogP contribution >= 0.6 is 0 Å². The molecule has 0 radical (unpaired) electrons. The Bertz CT molecular complexity index is 464. The molecule has 0 heterocycles. The second-order valence-electron chi connectivity index (χ2n) is 3.83. The molecule has 0 amide bonds. The molecule has 0 fully saturated rings. The lowest BCUT2D eigenvalue weighted by Crippen LogP contribution is -2.70. The highest BCUT2D eigenvalue weighted by Gasteiger charge is 2.90. The van der Waals surface area contributed by atoms with Crippen LogP contribution in [0.5, 0.6) is 0 Å². The highest BCUT2D eigenvalue weighted by atomic mass is 19.4. The quantitative estimate of drug-likeness (QED) is 0.553. The molecule has 1 N–H and O–H groups in total. The van der Waals surface area contributed by atoms with Crippen LogP contribution < -0.4 is 0 Å². The summed E-state index contributed by atoms with van der Waals surface area (Å²) in [4.78, 5) is 0. The van der Waals surface area contributed by atoms with Crippen molar-refractivity contribution in [3.05, 3.63) is 0 Å². The Labute approximate surface area is 115 Å². The van der Waals surface area contributed by atoms with Crippen LogP contribution in [0.4, 0.5) is 57.1 Å². The van der Waals surface area contributed by atoms with Gasteiger partial charge in [0.25, 0.3) is 0 Å². The van der Waals surface area contributed by atoms with Crippen LogP contribution in [0.3, 0.4) is 0 Å². The van der Waals surface area contributed by atoms with Crippen LogP contribution in [-0.2, 0) is 0 Å². The molecule has 0 aromatic carbocycles. The average molecular weight is 368 g/mol. The molecular weight excluding hydrogens is 361 g/mol. The molecule has 0 unspecified atom stereocenters. The first-order valence-corrected chi connectivity index (χ1v) is 4.64. The molecule has 0 aromatic heterocycles. The van der Waals surface area contributed by atoms with Crippen LogP contribution in [0.1, 0.15) is 9.16 Å². The van der Waals surface area contributed by atoms with Gasteiger partial charge >= 0.3 is 35.8 Å². The Balaban J connectivity index is 6.21. The summed E-state index contributed by atoms with van der Waals surface area (Å²) in [5, 5.41) is 8.23. The Kier molecular flexibility index (Phi) is 4.19. The van der Waals surface area contributed by atoms with Gasteiger partial charge in [0.15, 0.2) is 0 Å². The van der Waals surface area contributed by atoms with Crippen molar-refractivity contribution in [3.63, 3.8) is 0 Å². The molecule has 0 spiro atoms. The Morgan fingerprint density at radius 2 is 0.909 bits per heavy atom. The van der Waals surface area contributed by atoms with Gasteiger partial charge in [-0.3, -0.25) is 0 Å². The van der Waals surface area contributed by atoms with E-state index in [0.717, 1.165) is 0 Å². The lowest BCUT2D eigenvalue weighted by Gasteiger charge is -2.39. The monoisotopic (exact) mass is 368 g/mol. The van der Waals surface area contributed by atoms with Gasteiger partial charge in [0.05, 0.1) is 2.74 Å². The van der Waals surface area contributed by atoms with Gasteiger partial charge in [-0.2, -0.15) is 57.1 Å². The highest BCUT2D eigenvalue weighted by molar-refractivity contribution is 5.10. The number of rotatable bonds is 6. The Hall–Kier alpha value is -0.950. The zero-order chi connectivity index (χ0) is 20.2. The Morgan fingerprint density at radius 1 is 0.591 bits per heavy atom. The maximum absolute atomic E-state index is 13.0. The van der Waals surface area contributed by atoms with Crippen molar-refractivity contribution >= 4 is 0 Å². The van der Waals surface area contributed by atoms with E-state index in [9.17, 15) is 57.1 Å². The molecule has 1 nitrogen and oxygen atoms in total. The molecule has 0 aliphatic carbocycles. The summed E-state index contributed by atoms with van der Waals surface area (Å²) in [6, 6.07) is 0. The molecule has 0 aliphatic heterocycles. The second kappa shape index (κ2) is 5.30. The molecule has 0 bridgehead atoms. The minimum absolute atomic E-state index is 3.30. The van der Waals surface area contributed by atoms with E-state index in [-0.39, 0.29) is 0 Å². The molecular formula is C8H5F13O. The number of alkyl halides is 13. The van der Waals surface area contributed by atoms with Crippen molar-refractivity contribution in [1.29, 1.82) is 0 Å². The standard InChI is InChI=1S/C8H5F13O/c9-3(10,1-2-22)4(11,12)5(13,14)6(15,16)7(17,18)8(19,20)21/h22H,1-2H2/i1+1,2+1D2. The molecule has 14 heteroatoms. The first-order valence-electron chi connectivity index (χ1n) is 5.64. The fourth-order valence-corrected chi connectivity index (χ4v) is 1.01. The molecule has 0 saturated heterocycles. The van der Waals surface area contributed by atoms with E-state index in [0.29, 0.717) is 0 Å². The maximum atomic E-state index is 13.0. The van der Waals surface area contributed by atoms with Crippen molar-refractivity contribution in [1.82, 2.24) is 0 Å². The minimum Gasteiger partial charge on any atom is -0.396 e. The van der Waals surface area contributed by atoms with E-state index in [2.05, 4.69) is 0 Å². The third kappa shape index (κ3) is 2.69. The summed E-state index contributed by atoms with van der Waals surface area (Å²) >= 11 is 0. The summed E-state index contributed by atoms with van der Waals surface area (Å²) in [6.07, 6.45) is -10.8. The molecule has 0 saturated carbocycles. The zero-order valence-corrected chi connectivity index (χ0v) is 9.57. The van der Waals surface area contributed by atoms with Crippen molar-refractivity contribution in [2.24, 2.45) is 0 Å². The number of halogens is 13. The smallest absolute Gasteiger partial charge is 0.396 e. The maximum Gasteiger partial charge on any atom is 0.460 e. The van der Waals surface area contributed by atoms with E-state index < -0.39 is 48.8 Å². The summed E-state index contributed by atoms with van der Waals surface area (Å²) in [7, 11) is 0. The molecule has 134 valence electrons. The van der Waals surface area contributed by atoms with E-state index in [4.69, 9.17) is 7.85 Å². The number of aliphatic hydroxyl groups is 1. The lowest BCUT2D eigenvalue weighted by atomic mass is 9.96. The molecule has 0 rings (SSSR count). The SMILES string of the molecule is [2H][13C]([2H])(O)[13CH2]C(F)(F)C(F)(F)C(F)(F)C(F)(F)C(F)(F)C(F)(F)F. The Morgan fingerprint density at radius 3 is 1.18 bits per heavy atom. The molecule has 0 atom stereocenters. The predicted octanol–water partition coefficient (Wildman–Crippen LogP) is 4.11. The van der Waals surface area contributed by atoms with Gasteiger partial charge in [-0.1, -0.05) is 0 Å². The van der Waals surface area contributed by atoms with Gasteiger partial charge < -0.3 is 5.11 Å². The van der Waals surface area contributed by atoms with Crippen molar-refractivity contribution in [2.45, 2.75) is 42.2 Å². The van der Waals surface area contributed by atoms with Crippen molar-refractivity contribution in [2.75, 3.05) is 6.56 Å². The van der Waals surface area contributed by atoms with E-state index in [1.807, 2.05) is 0 Å². The summed E-state index contributed by atoms with van der Waals surface area (Å²) in [5.41, 5.74) is 0. The normalized spacial score (nSPS) is 18.1. The van der Waals surface area contributed by atoms with Gasteiger partial charge in [-0.15, -0.1) is 0 Å². The van der Waals surface area contributed by atoms with Gasteiger partial charge in [-0.25, -0.2) is 0 Å². The van der Waals surface area contributed by atoms with Crippen molar-refractivity contribution < 1.29 is 64.9 Å². The first kappa shape index (κ1) is 17.4. The third-order valence-electron chi connectivity index (χ3n) is 2.30. The number of hydrogen-bond acceptors (Lipinski definition) is 1. The van der Waals surface area contributed by atoms with Crippen LogP contribution in [0.25, 0.3) is 0 Å². The second-order valence-corrected chi connectivity index (χ2v) is 3.83. The van der Waals surface area contributed by atoms with Crippen LogP contribution in [0.15, 0.2) is 0 Å². The lowest BCUT2D eigenvalue weighted by molar-refractivity contribution is -0.440. The van der Waals surface area contributed by atoms with Crippen LogP contribution in [-0.4, -0.2) is 47.5 Å². The summed E-state index contributed by atoms with van der Waals surface area (Å²) < 4.78 is 175. The van der Waals surface area contributed by atoms with Crippen LogP contribution in [0, 0.1) is 0 Å².